The van der Waals surface area contributed by atoms with E-state index in [9.17, 15) is 9.90 Å². The number of aromatic nitrogens is 2. The largest absolute Gasteiger partial charge is 0.508 e. The molecule has 4 aromatic rings. The van der Waals surface area contributed by atoms with E-state index in [2.05, 4.69) is 23.4 Å². The smallest absolute Gasteiger partial charge is 0.319 e. The van der Waals surface area contributed by atoms with Crippen LogP contribution in [-0.2, 0) is 4.79 Å². The summed E-state index contributed by atoms with van der Waals surface area (Å²) < 4.78 is 23.0. The first kappa shape index (κ1) is 30.1. The second kappa shape index (κ2) is 12.6. The highest BCUT2D eigenvalue weighted by Crippen LogP contribution is 2.42. The van der Waals surface area contributed by atoms with Crippen LogP contribution >= 0.6 is 11.6 Å². The van der Waals surface area contributed by atoms with Gasteiger partial charge in [0.15, 0.2) is 5.82 Å². The van der Waals surface area contributed by atoms with Crippen molar-refractivity contribution in [3.63, 3.8) is 0 Å². The number of rotatable bonds is 7. The Labute approximate surface area is 261 Å². The number of halogens is 2. The number of amides is 1. The van der Waals surface area contributed by atoms with Crippen LogP contribution in [0.25, 0.3) is 32.8 Å². The van der Waals surface area contributed by atoms with Gasteiger partial charge in [0, 0.05) is 43.7 Å². The van der Waals surface area contributed by atoms with Crippen LogP contribution in [-0.4, -0.2) is 82.7 Å². The number of aromatic hydroxyl groups is 1. The number of nitrogens with zero attached hydrogens (tertiary/aromatic N) is 5. The lowest BCUT2D eigenvalue weighted by molar-refractivity contribution is -0.126. The molecule has 0 radical (unpaired) electrons. The van der Waals surface area contributed by atoms with E-state index in [0.717, 1.165) is 49.2 Å². The number of ether oxygens (including phenoxy) is 1. The number of anilines is 1. The molecule has 10 heteroatoms. The van der Waals surface area contributed by atoms with Crippen LogP contribution in [0.5, 0.6) is 11.8 Å². The van der Waals surface area contributed by atoms with Crippen LogP contribution < -0.4 is 9.64 Å². The molecular weight excluding hydrogens is 581 g/mol. The lowest BCUT2D eigenvalue weighted by atomic mass is 9.96. The van der Waals surface area contributed by atoms with E-state index in [1.807, 2.05) is 36.1 Å². The van der Waals surface area contributed by atoms with Crippen LogP contribution in [0.2, 0.25) is 5.02 Å². The maximum Gasteiger partial charge on any atom is 0.319 e. The summed E-state index contributed by atoms with van der Waals surface area (Å²) in [7, 11) is 0. The fraction of sp³-hybridized carbons (Fsp3) is 0.382. The Hall–Kier alpha value is -3.95. The molecule has 0 unspecified atom stereocenters. The number of phenolic OH excluding ortho intramolecular Hbond substituents is 1. The van der Waals surface area contributed by atoms with Crippen LogP contribution in [0.15, 0.2) is 55.1 Å². The summed E-state index contributed by atoms with van der Waals surface area (Å²) in [4.78, 5) is 27.7. The minimum absolute atomic E-state index is 0.00883. The van der Waals surface area contributed by atoms with Crippen molar-refractivity contribution < 1.29 is 19.0 Å². The number of benzene rings is 3. The summed E-state index contributed by atoms with van der Waals surface area (Å²) in [5.74, 6) is 0.496. The van der Waals surface area contributed by atoms with Crippen LogP contribution in [0.1, 0.15) is 26.7 Å². The Kier molecular flexibility index (Phi) is 8.60. The summed E-state index contributed by atoms with van der Waals surface area (Å²) in [5.41, 5.74) is 0.705. The van der Waals surface area contributed by atoms with Gasteiger partial charge in [-0.1, -0.05) is 49.4 Å². The fourth-order valence-electron chi connectivity index (χ4n) is 6.30. The SMILES string of the molecule is C=CC(=O)N1CCN(c2nc(O[C@H](C)CN3CCC(C)CC3)nc3c(F)c(-c4cc(O)cc5ccccc45)c(Cl)cc23)CC1. The van der Waals surface area contributed by atoms with Crippen LogP contribution in [0.4, 0.5) is 10.2 Å². The van der Waals surface area contributed by atoms with Gasteiger partial charge in [0.1, 0.15) is 23.2 Å². The highest BCUT2D eigenvalue weighted by molar-refractivity contribution is 6.35. The van der Waals surface area contributed by atoms with Crippen molar-refractivity contribution in [2.45, 2.75) is 32.8 Å². The van der Waals surface area contributed by atoms with Gasteiger partial charge in [0.25, 0.3) is 0 Å². The summed E-state index contributed by atoms with van der Waals surface area (Å²) in [6, 6.07) is 12.4. The quantitative estimate of drug-likeness (QED) is 0.244. The summed E-state index contributed by atoms with van der Waals surface area (Å²) in [6.07, 6.45) is 3.40. The average Bonchev–Trinajstić information content (AvgIpc) is 3.02. The number of carbonyl (C=O) groups excluding carboxylic acids is 1. The van der Waals surface area contributed by atoms with E-state index in [0.29, 0.717) is 42.9 Å². The van der Waals surface area contributed by atoms with Crippen molar-refractivity contribution in [1.82, 2.24) is 19.8 Å². The molecule has 0 spiro atoms. The summed E-state index contributed by atoms with van der Waals surface area (Å²) in [5, 5.41) is 12.6. The minimum atomic E-state index is -0.616. The molecule has 8 nitrogen and oxygen atoms in total. The number of hydrogen-bond donors (Lipinski definition) is 1. The Morgan fingerprint density at radius 1 is 1.11 bits per heavy atom. The molecule has 1 aromatic heterocycles. The number of carbonyl (C=O) groups is 1. The Bertz CT molecular complexity index is 1720. The predicted octanol–water partition coefficient (Wildman–Crippen LogP) is 6.28. The highest BCUT2D eigenvalue weighted by atomic mass is 35.5. The summed E-state index contributed by atoms with van der Waals surface area (Å²) >= 11 is 6.84. The molecule has 3 aromatic carbocycles. The molecule has 3 heterocycles. The van der Waals surface area contributed by atoms with Crippen molar-refractivity contribution in [2.24, 2.45) is 5.92 Å². The summed E-state index contributed by atoms with van der Waals surface area (Å²) in [6.45, 7) is 12.5. The van der Waals surface area contributed by atoms with Crippen LogP contribution in [0, 0.1) is 11.7 Å². The van der Waals surface area contributed by atoms with Crippen molar-refractivity contribution in [3.8, 4) is 22.9 Å². The Balaban J connectivity index is 1.43. The molecule has 2 aliphatic rings. The van der Waals surface area contributed by atoms with E-state index in [1.165, 1.54) is 12.1 Å². The first-order valence-electron chi connectivity index (χ1n) is 15.2. The van der Waals surface area contributed by atoms with Gasteiger partial charge in [0.05, 0.1) is 5.02 Å². The molecule has 0 aliphatic carbocycles. The number of likely N-dealkylation sites (tertiary alicyclic amines) is 1. The number of fused-ring (bicyclic) bond motifs is 2. The number of piperidine rings is 1. The van der Waals surface area contributed by atoms with Gasteiger partial charge in [0.2, 0.25) is 5.91 Å². The average molecular weight is 618 g/mol. The lowest BCUT2D eigenvalue weighted by Crippen LogP contribution is -2.48. The maximum absolute atomic E-state index is 16.8. The monoisotopic (exact) mass is 617 g/mol. The zero-order valence-corrected chi connectivity index (χ0v) is 25.9. The van der Waals surface area contributed by atoms with Gasteiger partial charge in [-0.05, 0) is 79.4 Å². The lowest BCUT2D eigenvalue weighted by Gasteiger charge is -2.35. The van der Waals surface area contributed by atoms with Gasteiger partial charge in [-0.2, -0.15) is 9.97 Å². The second-order valence-corrected chi connectivity index (χ2v) is 12.3. The van der Waals surface area contributed by atoms with Gasteiger partial charge >= 0.3 is 6.01 Å². The Morgan fingerprint density at radius 2 is 1.84 bits per heavy atom. The Morgan fingerprint density at radius 3 is 2.57 bits per heavy atom. The maximum atomic E-state index is 16.8. The molecule has 1 atom stereocenters. The molecule has 1 amide bonds. The molecule has 6 rings (SSSR count). The van der Waals surface area contributed by atoms with Crippen molar-refractivity contribution in [2.75, 3.05) is 50.7 Å². The van der Waals surface area contributed by atoms with Crippen LogP contribution in [0.3, 0.4) is 0 Å². The van der Waals surface area contributed by atoms with E-state index in [-0.39, 0.29) is 39.9 Å². The second-order valence-electron chi connectivity index (χ2n) is 11.9. The van der Waals surface area contributed by atoms with E-state index < -0.39 is 5.82 Å². The normalized spacial score (nSPS) is 17.3. The molecule has 0 saturated carbocycles. The topological polar surface area (TPSA) is 82.0 Å². The van der Waals surface area contributed by atoms with Gasteiger partial charge in [-0.3, -0.25) is 9.69 Å². The first-order valence-corrected chi connectivity index (χ1v) is 15.6. The standard InChI is InChI=1S/C34H37ClFN5O3/c1-4-29(43)40-13-15-41(16-14-40)33-27-19-28(35)30(26-18-24(42)17-23-7-5-6-8-25(23)26)31(36)32(27)37-34(38-33)44-22(3)20-39-11-9-21(2)10-12-39/h4-8,17-19,21-22,42H,1,9-16,20H2,2-3H3/t22-/m1/s1. The molecule has 2 aliphatic heterocycles. The molecule has 230 valence electrons. The molecule has 2 saturated heterocycles. The van der Waals surface area contributed by atoms with Gasteiger partial charge < -0.3 is 19.6 Å². The van der Waals surface area contributed by atoms with Crippen molar-refractivity contribution >= 4 is 45.0 Å². The van der Waals surface area contributed by atoms with Crippen molar-refractivity contribution in [1.29, 1.82) is 0 Å². The van der Waals surface area contributed by atoms with E-state index >= 15 is 4.39 Å². The predicted molar refractivity (Wildman–Crippen MR) is 173 cm³/mol. The third kappa shape index (κ3) is 6.03. The highest BCUT2D eigenvalue weighted by Gasteiger charge is 2.27. The van der Waals surface area contributed by atoms with Gasteiger partial charge in [-0.25, -0.2) is 4.39 Å². The zero-order chi connectivity index (χ0) is 31.0. The number of phenols is 1. The molecule has 0 bridgehead atoms. The van der Waals surface area contributed by atoms with Crippen molar-refractivity contribution in [3.05, 3.63) is 66.0 Å². The molecule has 2 fully saturated rings. The van der Waals surface area contributed by atoms with Gasteiger partial charge in [-0.15, -0.1) is 0 Å². The number of hydrogen-bond acceptors (Lipinski definition) is 7. The van der Waals surface area contributed by atoms with E-state index in [4.69, 9.17) is 21.3 Å². The minimum Gasteiger partial charge on any atom is -0.508 e. The zero-order valence-electron chi connectivity index (χ0n) is 25.1. The molecule has 1 N–H and O–H groups in total. The first-order chi connectivity index (χ1) is 21.2. The number of piperazine rings is 1. The third-order valence-electron chi connectivity index (χ3n) is 8.72. The third-order valence-corrected chi connectivity index (χ3v) is 9.02. The fourth-order valence-corrected chi connectivity index (χ4v) is 6.59. The van der Waals surface area contributed by atoms with E-state index in [1.54, 1.807) is 17.0 Å². The molecular formula is C34H37ClFN5O3. The molecule has 44 heavy (non-hydrogen) atoms.